The molecule has 2 aromatic rings. The van der Waals surface area contributed by atoms with E-state index >= 15 is 0 Å². The van der Waals surface area contributed by atoms with Gasteiger partial charge in [0.25, 0.3) is 0 Å². The Hall–Kier alpha value is -2.10. The molecule has 0 atom stereocenters. The Balaban J connectivity index is 2.29. The summed E-state index contributed by atoms with van der Waals surface area (Å²) in [6.45, 7) is 9.47. The molecule has 0 bridgehead atoms. The normalized spacial score (nSPS) is 10.7. The number of hydrogen-bond donors (Lipinski definition) is 1. The minimum atomic E-state index is 0.792. The van der Waals surface area contributed by atoms with Gasteiger partial charge in [-0.25, -0.2) is 9.97 Å². The van der Waals surface area contributed by atoms with Gasteiger partial charge >= 0.3 is 0 Å². The monoisotopic (exact) mass is 312 g/mol. The lowest BCUT2D eigenvalue weighted by Gasteiger charge is -2.20. The van der Waals surface area contributed by atoms with E-state index in [-0.39, 0.29) is 0 Å². The number of aromatic nitrogens is 2. The van der Waals surface area contributed by atoms with Crippen LogP contribution in [0.15, 0.2) is 24.3 Å². The second kappa shape index (κ2) is 7.95. The number of hydrogen-bond acceptors (Lipinski definition) is 4. The van der Waals surface area contributed by atoms with E-state index in [9.17, 15) is 0 Å². The number of benzene rings is 1. The number of nitrogens with zero attached hydrogens (tertiary/aromatic N) is 3. The fourth-order valence-electron chi connectivity index (χ4n) is 2.65. The number of anilines is 3. The Bertz CT molecular complexity index is 652. The van der Waals surface area contributed by atoms with Crippen molar-refractivity contribution < 1.29 is 0 Å². The Labute approximate surface area is 140 Å². The first kappa shape index (κ1) is 17.3. The minimum absolute atomic E-state index is 0.792. The molecular weight excluding hydrogens is 284 g/mol. The second-order valence-electron chi connectivity index (χ2n) is 6.02. The molecule has 0 fully saturated rings. The first-order chi connectivity index (χ1) is 11.0. The van der Waals surface area contributed by atoms with Gasteiger partial charge < -0.3 is 10.2 Å². The van der Waals surface area contributed by atoms with Gasteiger partial charge in [-0.3, -0.25) is 0 Å². The van der Waals surface area contributed by atoms with Gasteiger partial charge in [0.15, 0.2) is 0 Å². The summed E-state index contributed by atoms with van der Waals surface area (Å²) in [5, 5.41) is 3.51. The van der Waals surface area contributed by atoms with Gasteiger partial charge in [-0.2, -0.15) is 0 Å². The standard InChI is InChI=1S/C19H28N4/c1-6-8-12-23(5)18-13-17(20-15(4)21-18)22-19-14(3)10-9-11-16(19)7-2/h9-11,13H,6-8,12H2,1-5H3,(H,20,21,22). The molecule has 0 saturated carbocycles. The summed E-state index contributed by atoms with van der Waals surface area (Å²) in [4.78, 5) is 11.3. The fraction of sp³-hybridized carbons (Fsp3) is 0.474. The fourth-order valence-corrected chi connectivity index (χ4v) is 2.65. The Morgan fingerprint density at radius 2 is 1.91 bits per heavy atom. The van der Waals surface area contributed by atoms with Gasteiger partial charge in [-0.05, 0) is 37.8 Å². The third-order valence-electron chi connectivity index (χ3n) is 4.06. The van der Waals surface area contributed by atoms with E-state index in [2.05, 4.69) is 66.2 Å². The van der Waals surface area contributed by atoms with Gasteiger partial charge in [0.2, 0.25) is 0 Å². The Morgan fingerprint density at radius 1 is 1.13 bits per heavy atom. The van der Waals surface area contributed by atoms with Crippen LogP contribution in [0.2, 0.25) is 0 Å². The lowest BCUT2D eigenvalue weighted by atomic mass is 10.1. The van der Waals surface area contributed by atoms with E-state index in [1.165, 1.54) is 24.0 Å². The highest BCUT2D eigenvalue weighted by atomic mass is 15.2. The molecule has 1 N–H and O–H groups in total. The summed E-state index contributed by atoms with van der Waals surface area (Å²) >= 11 is 0. The third kappa shape index (κ3) is 4.44. The second-order valence-corrected chi connectivity index (χ2v) is 6.02. The number of nitrogens with one attached hydrogen (secondary N) is 1. The van der Waals surface area contributed by atoms with Crippen LogP contribution in [0.3, 0.4) is 0 Å². The summed E-state index contributed by atoms with van der Waals surface area (Å²) in [7, 11) is 2.09. The number of unbranched alkanes of at least 4 members (excludes halogenated alkanes) is 1. The van der Waals surface area contributed by atoms with Gasteiger partial charge in [0, 0.05) is 25.3 Å². The predicted octanol–water partition coefficient (Wildman–Crippen LogP) is 4.64. The van der Waals surface area contributed by atoms with Crippen LogP contribution >= 0.6 is 0 Å². The van der Waals surface area contributed by atoms with Crippen molar-refractivity contribution >= 4 is 17.3 Å². The van der Waals surface area contributed by atoms with Gasteiger partial charge in [-0.1, -0.05) is 38.5 Å². The average Bonchev–Trinajstić information content (AvgIpc) is 2.54. The maximum Gasteiger partial charge on any atom is 0.136 e. The molecule has 0 aliphatic rings. The largest absolute Gasteiger partial charge is 0.360 e. The molecule has 1 heterocycles. The van der Waals surface area contributed by atoms with Crippen molar-refractivity contribution in [3.05, 3.63) is 41.2 Å². The van der Waals surface area contributed by atoms with Crippen molar-refractivity contribution in [2.45, 2.75) is 47.0 Å². The zero-order chi connectivity index (χ0) is 16.8. The van der Waals surface area contributed by atoms with Gasteiger partial charge in [0.1, 0.15) is 17.5 Å². The predicted molar refractivity (Wildman–Crippen MR) is 98.8 cm³/mol. The molecule has 0 aliphatic heterocycles. The molecule has 23 heavy (non-hydrogen) atoms. The van der Waals surface area contributed by atoms with Gasteiger partial charge in [-0.15, -0.1) is 0 Å². The smallest absolute Gasteiger partial charge is 0.136 e. The first-order valence-corrected chi connectivity index (χ1v) is 8.47. The van der Waals surface area contributed by atoms with E-state index in [4.69, 9.17) is 0 Å². The molecule has 1 aromatic heterocycles. The van der Waals surface area contributed by atoms with Crippen molar-refractivity contribution in [3.8, 4) is 0 Å². The molecule has 0 spiro atoms. The molecule has 4 heteroatoms. The van der Waals surface area contributed by atoms with Crippen LogP contribution in [-0.2, 0) is 6.42 Å². The van der Waals surface area contributed by atoms with Crippen LogP contribution in [-0.4, -0.2) is 23.6 Å². The van der Waals surface area contributed by atoms with Crippen molar-refractivity contribution in [2.75, 3.05) is 23.8 Å². The van der Waals surface area contributed by atoms with Crippen molar-refractivity contribution in [1.29, 1.82) is 0 Å². The van der Waals surface area contributed by atoms with Gasteiger partial charge in [0.05, 0.1) is 0 Å². The molecular formula is C19H28N4. The van der Waals surface area contributed by atoms with Crippen LogP contribution in [0.1, 0.15) is 43.6 Å². The first-order valence-electron chi connectivity index (χ1n) is 8.47. The zero-order valence-electron chi connectivity index (χ0n) is 15.0. The van der Waals surface area contributed by atoms with E-state index in [1.54, 1.807) is 0 Å². The topological polar surface area (TPSA) is 41.0 Å². The summed E-state index contributed by atoms with van der Waals surface area (Å²) in [5.74, 6) is 2.62. The van der Waals surface area contributed by atoms with Crippen LogP contribution in [0.4, 0.5) is 17.3 Å². The highest BCUT2D eigenvalue weighted by Crippen LogP contribution is 2.26. The summed E-state index contributed by atoms with van der Waals surface area (Å²) < 4.78 is 0. The third-order valence-corrected chi connectivity index (χ3v) is 4.06. The average molecular weight is 312 g/mol. The minimum Gasteiger partial charge on any atom is -0.360 e. The van der Waals surface area contributed by atoms with E-state index in [0.29, 0.717) is 0 Å². The molecule has 4 nitrogen and oxygen atoms in total. The summed E-state index contributed by atoms with van der Waals surface area (Å²) in [6, 6.07) is 8.44. The number of para-hydroxylation sites is 1. The van der Waals surface area contributed by atoms with E-state index < -0.39 is 0 Å². The zero-order valence-corrected chi connectivity index (χ0v) is 15.0. The Morgan fingerprint density at radius 3 is 2.61 bits per heavy atom. The van der Waals surface area contributed by atoms with Crippen molar-refractivity contribution in [3.63, 3.8) is 0 Å². The molecule has 2 rings (SSSR count). The molecule has 124 valence electrons. The summed E-state index contributed by atoms with van der Waals surface area (Å²) in [6.07, 6.45) is 3.35. The highest BCUT2D eigenvalue weighted by Gasteiger charge is 2.09. The van der Waals surface area contributed by atoms with Crippen molar-refractivity contribution in [2.24, 2.45) is 0 Å². The maximum atomic E-state index is 4.57. The maximum absolute atomic E-state index is 4.57. The Kier molecular flexibility index (Phi) is 5.97. The molecule has 0 aliphatic carbocycles. The number of aryl methyl sites for hydroxylation is 3. The van der Waals surface area contributed by atoms with E-state index in [1.807, 2.05) is 13.0 Å². The molecule has 0 amide bonds. The molecule has 0 unspecified atom stereocenters. The SMILES string of the molecule is CCCCN(C)c1cc(Nc2c(C)cccc2CC)nc(C)n1. The van der Waals surface area contributed by atoms with Crippen LogP contribution in [0.5, 0.6) is 0 Å². The lowest BCUT2D eigenvalue weighted by molar-refractivity contribution is 0.756. The molecule has 0 saturated heterocycles. The van der Waals surface area contributed by atoms with Crippen molar-refractivity contribution in [1.82, 2.24) is 9.97 Å². The molecule has 1 aromatic carbocycles. The quantitative estimate of drug-likeness (QED) is 0.809. The van der Waals surface area contributed by atoms with Crippen LogP contribution < -0.4 is 10.2 Å². The van der Waals surface area contributed by atoms with Crippen LogP contribution in [0, 0.1) is 13.8 Å². The van der Waals surface area contributed by atoms with E-state index in [0.717, 1.165) is 36.1 Å². The van der Waals surface area contributed by atoms with Crippen LogP contribution in [0.25, 0.3) is 0 Å². The summed E-state index contributed by atoms with van der Waals surface area (Å²) in [5.41, 5.74) is 3.71. The lowest BCUT2D eigenvalue weighted by Crippen LogP contribution is -2.20. The molecule has 0 radical (unpaired) electrons. The number of rotatable bonds is 7. The highest BCUT2D eigenvalue weighted by molar-refractivity contribution is 5.66.